The Hall–Kier alpha value is -5.94. The van der Waals surface area contributed by atoms with Crippen molar-refractivity contribution >= 4 is 63.0 Å². The van der Waals surface area contributed by atoms with Crippen LogP contribution in [-0.4, -0.2) is 9.97 Å². The van der Waals surface area contributed by atoms with E-state index in [1.807, 2.05) is 28.7 Å². The first-order valence-electron chi connectivity index (χ1n) is 16.7. The van der Waals surface area contributed by atoms with Crippen LogP contribution < -0.4 is 0 Å². The number of rotatable bonds is 5. The van der Waals surface area contributed by atoms with Crippen LogP contribution in [0.3, 0.4) is 0 Å². The van der Waals surface area contributed by atoms with Gasteiger partial charge in [-0.3, -0.25) is 0 Å². The average molecular weight is 673 g/mol. The molecule has 0 aliphatic carbocycles. The van der Waals surface area contributed by atoms with Gasteiger partial charge in [-0.1, -0.05) is 109 Å². The fourth-order valence-corrected chi connectivity index (χ4v) is 9.31. The molecular formula is C46H28N2S2. The highest BCUT2D eigenvalue weighted by molar-refractivity contribution is 7.26. The molecule has 234 valence electrons. The van der Waals surface area contributed by atoms with Gasteiger partial charge in [-0.05, 0) is 82.9 Å². The van der Waals surface area contributed by atoms with Crippen molar-refractivity contribution in [1.82, 2.24) is 9.97 Å². The van der Waals surface area contributed by atoms with Crippen LogP contribution in [0, 0.1) is 0 Å². The van der Waals surface area contributed by atoms with E-state index in [0.717, 1.165) is 39.5 Å². The largest absolute Gasteiger partial charge is 0.228 e. The van der Waals surface area contributed by atoms with Crippen molar-refractivity contribution in [2.24, 2.45) is 0 Å². The molecule has 0 N–H and O–H groups in total. The quantitative estimate of drug-likeness (QED) is 0.182. The van der Waals surface area contributed by atoms with Gasteiger partial charge in [0.05, 0.1) is 11.4 Å². The third-order valence-corrected chi connectivity index (χ3v) is 11.8. The van der Waals surface area contributed by atoms with Crippen LogP contribution in [0.1, 0.15) is 0 Å². The zero-order valence-corrected chi connectivity index (χ0v) is 28.5. The average Bonchev–Trinajstić information content (AvgIpc) is 3.76. The molecule has 10 rings (SSSR count). The number of fused-ring (bicyclic) bond motifs is 6. The van der Waals surface area contributed by atoms with Gasteiger partial charge in [0.1, 0.15) is 0 Å². The second-order valence-corrected chi connectivity index (χ2v) is 14.7. The summed E-state index contributed by atoms with van der Waals surface area (Å²) in [4.78, 5) is 10.5. The van der Waals surface area contributed by atoms with E-state index in [2.05, 4.69) is 164 Å². The molecule has 0 spiro atoms. The molecule has 4 heteroatoms. The Balaban J connectivity index is 1.22. The fourth-order valence-electron chi connectivity index (χ4n) is 7.09. The Morgan fingerprint density at radius 2 is 0.900 bits per heavy atom. The van der Waals surface area contributed by atoms with Crippen molar-refractivity contribution in [1.29, 1.82) is 0 Å². The van der Waals surface area contributed by atoms with Crippen molar-refractivity contribution in [3.8, 4) is 56.2 Å². The van der Waals surface area contributed by atoms with E-state index in [-0.39, 0.29) is 0 Å². The SMILES string of the molecule is c1ccc(-c2cc(-c3cc(-c4ccccc4)nc(-c4ccc5sc6ccccc6c5c4)n3)cc(-c3cccc4sc5ccccc5c34)c2)cc1. The monoisotopic (exact) mass is 672 g/mol. The van der Waals surface area contributed by atoms with Gasteiger partial charge in [0.15, 0.2) is 5.82 Å². The highest BCUT2D eigenvalue weighted by Gasteiger charge is 2.17. The van der Waals surface area contributed by atoms with E-state index in [1.54, 1.807) is 0 Å². The van der Waals surface area contributed by atoms with E-state index >= 15 is 0 Å². The molecule has 7 aromatic carbocycles. The maximum absolute atomic E-state index is 5.34. The Bertz CT molecular complexity index is 2870. The molecule has 0 bridgehead atoms. The lowest BCUT2D eigenvalue weighted by Crippen LogP contribution is -1.96. The van der Waals surface area contributed by atoms with Crippen molar-refractivity contribution in [3.05, 3.63) is 170 Å². The number of hydrogen-bond acceptors (Lipinski definition) is 4. The van der Waals surface area contributed by atoms with Crippen molar-refractivity contribution < 1.29 is 0 Å². The lowest BCUT2D eigenvalue weighted by atomic mass is 9.92. The fraction of sp³-hybridized carbons (Fsp3) is 0. The lowest BCUT2D eigenvalue weighted by molar-refractivity contribution is 1.18. The van der Waals surface area contributed by atoms with Crippen molar-refractivity contribution in [2.45, 2.75) is 0 Å². The third kappa shape index (κ3) is 5.00. The standard InChI is InChI=1S/C46H28N2S2/c1-3-12-29(13-4-1)32-24-33(35-18-11-21-44-45(35)37-17-8-10-20-42(37)50-44)26-34(25-32)40-28-39(30-14-5-2-6-15-30)47-46(48-40)31-22-23-43-38(27-31)36-16-7-9-19-41(36)49-43/h1-28H. The molecule has 0 radical (unpaired) electrons. The van der Waals surface area contributed by atoms with Gasteiger partial charge in [0, 0.05) is 57.0 Å². The maximum Gasteiger partial charge on any atom is 0.160 e. The lowest BCUT2D eigenvalue weighted by Gasteiger charge is -2.14. The van der Waals surface area contributed by atoms with E-state index in [1.165, 1.54) is 57.0 Å². The Kier molecular flexibility index (Phi) is 6.90. The van der Waals surface area contributed by atoms with Gasteiger partial charge < -0.3 is 0 Å². The first-order chi connectivity index (χ1) is 24.7. The first-order valence-corrected chi connectivity index (χ1v) is 18.4. The number of benzene rings is 7. The zero-order valence-electron chi connectivity index (χ0n) is 26.9. The minimum Gasteiger partial charge on any atom is -0.228 e. The predicted molar refractivity (Wildman–Crippen MR) is 215 cm³/mol. The molecule has 0 aliphatic rings. The van der Waals surface area contributed by atoms with Crippen molar-refractivity contribution in [2.75, 3.05) is 0 Å². The van der Waals surface area contributed by atoms with E-state index < -0.39 is 0 Å². The number of thiophene rings is 2. The van der Waals surface area contributed by atoms with Gasteiger partial charge in [0.2, 0.25) is 0 Å². The Morgan fingerprint density at radius 3 is 1.70 bits per heavy atom. The number of nitrogens with zero attached hydrogens (tertiary/aromatic N) is 2. The molecule has 10 aromatic rings. The van der Waals surface area contributed by atoms with E-state index in [4.69, 9.17) is 9.97 Å². The normalized spacial score (nSPS) is 11.6. The van der Waals surface area contributed by atoms with Crippen LogP contribution in [0.15, 0.2) is 170 Å². The zero-order chi connectivity index (χ0) is 33.0. The highest BCUT2D eigenvalue weighted by atomic mass is 32.1. The molecule has 0 atom stereocenters. The van der Waals surface area contributed by atoms with Crippen LogP contribution in [0.5, 0.6) is 0 Å². The van der Waals surface area contributed by atoms with Crippen LogP contribution in [-0.2, 0) is 0 Å². The van der Waals surface area contributed by atoms with Gasteiger partial charge in [-0.25, -0.2) is 9.97 Å². The summed E-state index contributed by atoms with van der Waals surface area (Å²) in [6, 6.07) is 60.8. The molecule has 0 fully saturated rings. The first kappa shape index (κ1) is 29.0. The maximum atomic E-state index is 5.34. The number of hydrogen-bond donors (Lipinski definition) is 0. The second-order valence-electron chi connectivity index (χ2n) is 12.6. The molecule has 50 heavy (non-hydrogen) atoms. The summed E-state index contributed by atoms with van der Waals surface area (Å²) in [7, 11) is 0. The van der Waals surface area contributed by atoms with Gasteiger partial charge >= 0.3 is 0 Å². The second kappa shape index (κ2) is 11.9. The third-order valence-electron chi connectivity index (χ3n) is 9.48. The summed E-state index contributed by atoms with van der Waals surface area (Å²) in [5.74, 6) is 0.719. The molecule has 0 aliphatic heterocycles. The Labute approximate surface area is 297 Å². The summed E-state index contributed by atoms with van der Waals surface area (Å²) in [5.41, 5.74) is 9.65. The molecule has 2 nitrogen and oxygen atoms in total. The van der Waals surface area contributed by atoms with Gasteiger partial charge in [0.25, 0.3) is 0 Å². The summed E-state index contributed by atoms with van der Waals surface area (Å²) < 4.78 is 5.16. The minimum absolute atomic E-state index is 0.719. The van der Waals surface area contributed by atoms with Crippen LogP contribution in [0.2, 0.25) is 0 Å². The Morgan fingerprint density at radius 1 is 0.320 bits per heavy atom. The summed E-state index contributed by atoms with van der Waals surface area (Å²) in [6.45, 7) is 0. The van der Waals surface area contributed by atoms with Crippen LogP contribution in [0.4, 0.5) is 0 Å². The van der Waals surface area contributed by atoms with Crippen LogP contribution in [0.25, 0.3) is 96.5 Å². The smallest absolute Gasteiger partial charge is 0.160 e. The molecule has 3 aromatic heterocycles. The van der Waals surface area contributed by atoms with Gasteiger partial charge in [-0.15, -0.1) is 22.7 Å². The summed E-state index contributed by atoms with van der Waals surface area (Å²) >= 11 is 3.68. The topological polar surface area (TPSA) is 25.8 Å². The molecular weight excluding hydrogens is 645 g/mol. The highest BCUT2D eigenvalue weighted by Crippen LogP contribution is 2.42. The minimum atomic E-state index is 0.719. The summed E-state index contributed by atoms with van der Waals surface area (Å²) in [5, 5.41) is 5.10. The molecule has 3 heterocycles. The van der Waals surface area contributed by atoms with Crippen LogP contribution >= 0.6 is 22.7 Å². The molecule has 0 amide bonds. The van der Waals surface area contributed by atoms with E-state index in [0.29, 0.717) is 0 Å². The molecule has 0 saturated carbocycles. The van der Waals surface area contributed by atoms with Gasteiger partial charge in [-0.2, -0.15) is 0 Å². The molecule has 0 saturated heterocycles. The summed E-state index contributed by atoms with van der Waals surface area (Å²) in [6.07, 6.45) is 0. The predicted octanol–water partition coefficient (Wildman–Crippen LogP) is 13.5. The number of aromatic nitrogens is 2. The molecule has 0 unspecified atom stereocenters. The van der Waals surface area contributed by atoms with E-state index in [9.17, 15) is 0 Å². The van der Waals surface area contributed by atoms with Crippen molar-refractivity contribution in [3.63, 3.8) is 0 Å².